The molecular formula is C78H152O17P2. The second kappa shape index (κ2) is 67.2. The quantitative estimate of drug-likeness (QED) is 0.0222. The number of phosphoric ester groups is 2. The van der Waals surface area contributed by atoms with E-state index in [0.717, 1.165) is 114 Å². The van der Waals surface area contributed by atoms with Gasteiger partial charge in [-0.25, -0.2) is 9.13 Å². The minimum Gasteiger partial charge on any atom is -0.462 e. The summed E-state index contributed by atoms with van der Waals surface area (Å²) >= 11 is 0. The fourth-order valence-corrected chi connectivity index (χ4v) is 13.4. The Morgan fingerprint density at radius 2 is 0.495 bits per heavy atom. The smallest absolute Gasteiger partial charge is 0.462 e. The minimum atomic E-state index is -4.96. The summed E-state index contributed by atoms with van der Waals surface area (Å²) in [6, 6.07) is 0. The van der Waals surface area contributed by atoms with Crippen LogP contribution in [-0.2, 0) is 65.4 Å². The normalized spacial score (nSPS) is 14.9. The van der Waals surface area contributed by atoms with E-state index in [1.807, 2.05) is 0 Å². The summed E-state index contributed by atoms with van der Waals surface area (Å²) in [4.78, 5) is 72.9. The molecule has 0 aliphatic carbocycles. The van der Waals surface area contributed by atoms with Gasteiger partial charge in [0.1, 0.15) is 19.3 Å². The van der Waals surface area contributed by atoms with Crippen LogP contribution in [0.5, 0.6) is 0 Å². The molecule has 576 valence electrons. The number of rotatable bonds is 75. The molecule has 0 saturated heterocycles. The van der Waals surface area contributed by atoms with Crippen LogP contribution in [-0.4, -0.2) is 96.7 Å². The molecule has 8 atom stereocenters. The maximum Gasteiger partial charge on any atom is 0.472 e. The van der Waals surface area contributed by atoms with Gasteiger partial charge in [-0.1, -0.05) is 344 Å². The van der Waals surface area contributed by atoms with E-state index in [4.69, 9.17) is 37.0 Å². The molecule has 0 heterocycles. The molecule has 3 N–H and O–H groups in total. The second-order valence-corrected chi connectivity index (χ2v) is 32.2. The molecule has 0 saturated carbocycles. The lowest BCUT2D eigenvalue weighted by Gasteiger charge is -2.21. The standard InChI is InChI=1S/C78H152O17P2/c1-9-69(6)55-47-39-31-24-27-34-42-50-58-75(80)88-64-73(94-77(82)60-52-44-36-23-21-19-17-15-13-12-14-16-18-20-22-30-38-46-54-68(4)5)66-92-96(84,85)90-62-72(79)63-91-97(86,87)93-67-74(95-78(83)61-53-45-37-29-26-33-41-49-57-71(8)11-3)65-89-76(81)59-51-43-35-28-25-32-40-48-56-70(7)10-2/h68-74,79H,9-67H2,1-8H3,(H,84,85)(H,86,87)/t69?,70?,71?,72-,73-,74-/m1/s1. The molecule has 97 heavy (non-hydrogen) atoms. The fourth-order valence-electron chi connectivity index (χ4n) is 11.8. The van der Waals surface area contributed by atoms with Crippen molar-refractivity contribution in [2.24, 2.45) is 23.7 Å². The lowest BCUT2D eigenvalue weighted by molar-refractivity contribution is -0.161. The number of carbonyl (C=O) groups is 4. The molecule has 17 nitrogen and oxygen atoms in total. The van der Waals surface area contributed by atoms with Crippen LogP contribution in [0.3, 0.4) is 0 Å². The summed E-state index contributed by atoms with van der Waals surface area (Å²) in [5.41, 5.74) is 0. The molecule has 0 aliphatic rings. The van der Waals surface area contributed by atoms with Crippen molar-refractivity contribution in [2.45, 2.75) is 414 Å². The minimum absolute atomic E-state index is 0.104. The van der Waals surface area contributed by atoms with Gasteiger partial charge in [-0.15, -0.1) is 0 Å². The van der Waals surface area contributed by atoms with Crippen LogP contribution in [0.15, 0.2) is 0 Å². The number of aliphatic hydroxyl groups is 1. The summed E-state index contributed by atoms with van der Waals surface area (Å²) in [5, 5.41) is 10.6. The Morgan fingerprint density at radius 3 is 0.732 bits per heavy atom. The first-order valence-corrected chi connectivity index (χ1v) is 43.3. The molecule has 0 aliphatic heterocycles. The largest absolute Gasteiger partial charge is 0.472 e. The lowest BCUT2D eigenvalue weighted by Crippen LogP contribution is -2.30. The van der Waals surface area contributed by atoms with Crippen molar-refractivity contribution in [3.05, 3.63) is 0 Å². The highest BCUT2D eigenvalue weighted by molar-refractivity contribution is 7.47. The van der Waals surface area contributed by atoms with Gasteiger partial charge in [-0.3, -0.25) is 37.3 Å². The van der Waals surface area contributed by atoms with E-state index in [-0.39, 0.29) is 25.7 Å². The number of hydrogen-bond acceptors (Lipinski definition) is 15. The fraction of sp³-hybridized carbons (Fsp3) is 0.949. The van der Waals surface area contributed by atoms with Gasteiger partial charge >= 0.3 is 39.5 Å². The molecule has 0 aromatic carbocycles. The number of phosphoric acid groups is 2. The Morgan fingerprint density at radius 1 is 0.289 bits per heavy atom. The molecule has 0 radical (unpaired) electrons. The number of ether oxygens (including phenoxy) is 4. The molecule has 0 aromatic heterocycles. The summed E-state index contributed by atoms with van der Waals surface area (Å²) in [7, 11) is -9.92. The highest BCUT2D eigenvalue weighted by atomic mass is 31.2. The van der Waals surface area contributed by atoms with Gasteiger partial charge in [0.25, 0.3) is 0 Å². The molecule has 0 spiro atoms. The summed E-state index contributed by atoms with van der Waals surface area (Å²) in [6.07, 6.45) is 52.7. The maximum absolute atomic E-state index is 13.1. The number of unbranched alkanes of at least 4 members (excludes halogenated alkanes) is 38. The van der Waals surface area contributed by atoms with Gasteiger partial charge in [0.15, 0.2) is 12.2 Å². The van der Waals surface area contributed by atoms with E-state index in [9.17, 15) is 43.2 Å². The number of esters is 4. The van der Waals surface area contributed by atoms with Gasteiger partial charge in [-0.05, 0) is 49.4 Å². The lowest BCUT2D eigenvalue weighted by atomic mass is 9.99. The highest BCUT2D eigenvalue weighted by Crippen LogP contribution is 2.45. The van der Waals surface area contributed by atoms with Crippen LogP contribution >= 0.6 is 15.6 Å². The molecule has 5 unspecified atom stereocenters. The maximum atomic E-state index is 13.1. The third kappa shape index (κ3) is 68.3. The predicted octanol–water partition coefficient (Wildman–Crippen LogP) is 22.8. The monoisotopic (exact) mass is 1420 g/mol. The zero-order chi connectivity index (χ0) is 71.7. The van der Waals surface area contributed by atoms with Crippen LogP contribution in [0.1, 0.15) is 396 Å². The zero-order valence-corrected chi connectivity index (χ0v) is 65.5. The number of hydrogen-bond donors (Lipinski definition) is 3. The Kier molecular flexibility index (Phi) is 65.9. The average Bonchev–Trinajstić information content (AvgIpc) is 1.23. The molecule has 0 rings (SSSR count). The Labute approximate surface area is 594 Å². The van der Waals surface area contributed by atoms with Crippen molar-refractivity contribution in [1.29, 1.82) is 0 Å². The van der Waals surface area contributed by atoms with Gasteiger partial charge in [0, 0.05) is 25.7 Å². The van der Waals surface area contributed by atoms with Crippen molar-refractivity contribution in [3.63, 3.8) is 0 Å². The van der Waals surface area contributed by atoms with Crippen molar-refractivity contribution in [2.75, 3.05) is 39.6 Å². The second-order valence-electron chi connectivity index (χ2n) is 29.3. The van der Waals surface area contributed by atoms with Crippen LogP contribution in [0.2, 0.25) is 0 Å². The van der Waals surface area contributed by atoms with E-state index in [1.165, 1.54) is 199 Å². The number of aliphatic hydroxyl groups excluding tert-OH is 1. The zero-order valence-electron chi connectivity index (χ0n) is 63.7. The summed E-state index contributed by atoms with van der Waals surface area (Å²) < 4.78 is 68.6. The van der Waals surface area contributed by atoms with Crippen LogP contribution < -0.4 is 0 Å². The van der Waals surface area contributed by atoms with Crippen molar-refractivity contribution in [3.8, 4) is 0 Å². The van der Waals surface area contributed by atoms with Gasteiger partial charge in [0.2, 0.25) is 0 Å². The summed E-state index contributed by atoms with van der Waals surface area (Å²) in [5.74, 6) is 1.02. The average molecular weight is 1420 g/mol. The SMILES string of the molecule is CCC(C)CCCCCCCCCCC(=O)OC[C@H](COP(=O)(O)OC[C@@H](O)COP(=O)(O)OC[C@@H](COC(=O)CCCCCCCCCCC(C)CC)OC(=O)CCCCCCCCCCC(C)CC)OC(=O)CCCCCCCCCCCCCCCCCCCCC(C)C. The van der Waals surface area contributed by atoms with E-state index in [2.05, 4.69) is 55.4 Å². The van der Waals surface area contributed by atoms with E-state index in [0.29, 0.717) is 25.7 Å². The first kappa shape index (κ1) is 95.1. The Bertz CT molecular complexity index is 1910. The Hall–Kier alpha value is -1.94. The molecule has 19 heteroatoms. The summed E-state index contributed by atoms with van der Waals surface area (Å²) in [6.45, 7) is 14.3. The molecule has 0 amide bonds. The third-order valence-corrected chi connectivity index (χ3v) is 21.1. The van der Waals surface area contributed by atoms with Gasteiger partial charge < -0.3 is 33.8 Å². The van der Waals surface area contributed by atoms with Gasteiger partial charge in [0.05, 0.1) is 26.4 Å². The van der Waals surface area contributed by atoms with Crippen LogP contribution in [0, 0.1) is 23.7 Å². The van der Waals surface area contributed by atoms with Crippen molar-refractivity contribution >= 4 is 39.5 Å². The highest BCUT2D eigenvalue weighted by Gasteiger charge is 2.30. The predicted molar refractivity (Wildman–Crippen MR) is 395 cm³/mol. The van der Waals surface area contributed by atoms with Crippen molar-refractivity contribution < 1.29 is 80.2 Å². The third-order valence-electron chi connectivity index (χ3n) is 19.2. The molecule has 0 bridgehead atoms. The molecule has 0 aromatic rings. The first-order valence-electron chi connectivity index (χ1n) is 40.3. The van der Waals surface area contributed by atoms with Crippen LogP contribution in [0.4, 0.5) is 0 Å². The van der Waals surface area contributed by atoms with E-state index >= 15 is 0 Å². The van der Waals surface area contributed by atoms with Gasteiger partial charge in [-0.2, -0.15) is 0 Å². The Balaban J connectivity index is 5.23. The van der Waals surface area contributed by atoms with E-state index in [1.54, 1.807) is 0 Å². The van der Waals surface area contributed by atoms with E-state index < -0.39 is 97.5 Å². The first-order chi connectivity index (χ1) is 46.7. The number of carbonyl (C=O) groups excluding carboxylic acids is 4. The van der Waals surface area contributed by atoms with Crippen molar-refractivity contribution in [1.82, 2.24) is 0 Å². The topological polar surface area (TPSA) is 237 Å². The molecular weight excluding hydrogens is 1270 g/mol. The van der Waals surface area contributed by atoms with Crippen LogP contribution in [0.25, 0.3) is 0 Å². The molecule has 0 fully saturated rings.